The molecule has 0 atom stereocenters. The fraction of sp³-hybridized carbons (Fsp3) is 0.286. The van der Waals surface area contributed by atoms with Gasteiger partial charge in [0.1, 0.15) is 5.57 Å². The average Bonchev–Trinajstić information content (AvgIpc) is 2.34. The summed E-state index contributed by atoms with van der Waals surface area (Å²) >= 11 is 3.32. The summed E-state index contributed by atoms with van der Waals surface area (Å²) in [6.07, 6.45) is 2.28. The van der Waals surface area contributed by atoms with E-state index in [1.54, 1.807) is 6.08 Å². The van der Waals surface area contributed by atoms with Crippen molar-refractivity contribution in [3.05, 3.63) is 39.9 Å². The molecule has 1 aromatic carbocycles. The fourth-order valence-electron chi connectivity index (χ4n) is 1.30. The van der Waals surface area contributed by atoms with Crippen LogP contribution < -0.4 is 0 Å². The summed E-state index contributed by atoms with van der Waals surface area (Å²) in [6.45, 7) is 3.58. The number of carbonyl (C=O) groups is 2. The van der Waals surface area contributed by atoms with E-state index in [0.717, 1.165) is 16.5 Å². The lowest BCUT2D eigenvalue weighted by Crippen LogP contribution is -2.14. The van der Waals surface area contributed by atoms with Crippen LogP contribution in [0.4, 0.5) is 0 Å². The number of ether oxygens (including phenoxy) is 1. The number of halogens is 1. The van der Waals surface area contributed by atoms with E-state index in [2.05, 4.69) is 15.9 Å². The van der Waals surface area contributed by atoms with Crippen LogP contribution in [0.2, 0.25) is 0 Å². The van der Waals surface area contributed by atoms with Gasteiger partial charge in [0.25, 0.3) is 0 Å². The summed E-state index contributed by atoms with van der Waals surface area (Å²) < 4.78 is 5.92. The van der Waals surface area contributed by atoms with Gasteiger partial charge in [0.2, 0.25) is 0 Å². The summed E-state index contributed by atoms with van der Waals surface area (Å²) in [6, 6.07) is 7.34. The summed E-state index contributed by atoms with van der Waals surface area (Å²) in [5, 5.41) is 0. The van der Waals surface area contributed by atoms with E-state index in [1.807, 2.05) is 31.2 Å². The first-order valence-electron chi connectivity index (χ1n) is 5.70. The first-order chi connectivity index (χ1) is 8.54. The van der Waals surface area contributed by atoms with E-state index in [4.69, 9.17) is 4.74 Å². The van der Waals surface area contributed by atoms with Gasteiger partial charge in [-0.25, -0.2) is 4.79 Å². The predicted octanol–water partition coefficient (Wildman–Crippen LogP) is 3.37. The van der Waals surface area contributed by atoms with Gasteiger partial charge in [-0.3, -0.25) is 4.79 Å². The zero-order chi connectivity index (χ0) is 13.5. The maximum absolute atomic E-state index is 11.7. The Bertz CT molecular complexity index is 460. The standard InChI is InChI=1S/C14H15BrO3/c1-3-8-18-14(17)13(10(2)16)9-11-4-6-12(15)7-5-11/h4-7,9H,3,8H2,1-2H3/b13-9-. The van der Waals surface area contributed by atoms with Gasteiger partial charge in [0.05, 0.1) is 6.61 Å². The summed E-state index contributed by atoms with van der Waals surface area (Å²) in [5.74, 6) is -0.855. The summed E-state index contributed by atoms with van der Waals surface area (Å²) in [5.41, 5.74) is 0.864. The van der Waals surface area contributed by atoms with Crippen molar-refractivity contribution in [3.8, 4) is 0 Å². The molecule has 0 bridgehead atoms. The lowest BCUT2D eigenvalue weighted by atomic mass is 10.1. The molecule has 96 valence electrons. The molecule has 1 aromatic rings. The molecule has 3 nitrogen and oxygen atoms in total. The second kappa shape index (κ2) is 7.11. The predicted molar refractivity (Wildman–Crippen MR) is 74.1 cm³/mol. The van der Waals surface area contributed by atoms with E-state index in [9.17, 15) is 9.59 Å². The van der Waals surface area contributed by atoms with Crippen molar-refractivity contribution in [1.29, 1.82) is 0 Å². The number of hydrogen-bond acceptors (Lipinski definition) is 3. The van der Waals surface area contributed by atoms with Crippen molar-refractivity contribution in [2.75, 3.05) is 6.61 Å². The van der Waals surface area contributed by atoms with Gasteiger partial charge in [0, 0.05) is 4.47 Å². The zero-order valence-electron chi connectivity index (χ0n) is 10.4. The SMILES string of the molecule is CCCOC(=O)/C(=C\c1ccc(Br)cc1)C(C)=O. The molecule has 0 amide bonds. The van der Waals surface area contributed by atoms with Crippen LogP contribution in [-0.4, -0.2) is 18.4 Å². The molecule has 0 aliphatic carbocycles. The van der Waals surface area contributed by atoms with Crippen molar-refractivity contribution >= 4 is 33.8 Å². The molecule has 0 saturated carbocycles. The van der Waals surface area contributed by atoms with E-state index in [1.165, 1.54) is 6.92 Å². The molecule has 4 heteroatoms. The topological polar surface area (TPSA) is 43.4 Å². The van der Waals surface area contributed by atoms with Gasteiger partial charge >= 0.3 is 5.97 Å². The van der Waals surface area contributed by atoms with E-state index < -0.39 is 5.97 Å². The van der Waals surface area contributed by atoms with E-state index in [0.29, 0.717) is 6.61 Å². The quantitative estimate of drug-likeness (QED) is 0.362. The highest BCUT2D eigenvalue weighted by Crippen LogP contribution is 2.14. The van der Waals surface area contributed by atoms with Crippen LogP contribution in [0.5, 0.6) is 0 Å². The molecule has 0 saturated heterocycles. The highest BCUT2D eigenvalue weighted by Gasteiger charge is 2.15. The van der Waals surface area contributed by atoms with Crippen LogP contribution in [0, 0.1) is 0 Å². The maximum Gasteiger partial charge on any atom is 0.341 e. The largest absolute Gasteiger partial charge is 0.462 e. The van der Waals surface area contributed by atoms with Gasteiger partial charge in [-0.2, -0.15) is 0 Å². The minimum Gasteiger partial charge on any atom is -0.462 e. The number of Topliss-reactive ketones (excluding diaryl/α,β-unsaturated/α-hetero) is 1. The second-order valence-electron chi connectivity index (χ2n) is 3.80. The van der Waals surface area contributed by atoms with Crippen LogP contribution in [0.1, 0.15) is 25.8 Å². The highest BCUT2D eigenvalue weighted by atomic mass is 79.9. The molecule has 0 fully saturated rings. The number of ketones is 1. The Morgan fingerprint density at radius 2 is 1.89 bits per heavy atom. The molecule has 0 N–H and O–H groups in total. The minimum atomic E-state index is -0.563. The molecule has 0 heterocycles. The molecule has 0 spiro atoms. The van der Waals surface area contributed by atoms with E-state index >= 15 is 0 Å². The Kier molecular flexibility index (Phi) is 5.78. The van der Waals surface area contributed by atoms with Gasteiger partial charge < -0.3 is 4.74 Å². The molecule has 0 unspecified atom stereocenters. The molecule has 1 rings (SSSR count). The third kappa shape index (κ3) is 4.45. The first-order valence-corrected chi connectivity index (χ1v) is 6.49. The number of rotatable bonds is 5. The third-order valence-corrected chi connectivity index (χ3v) is 2.75. The Hall–Kier alpha value is -1.42. The molecule has 0 aliphatic heterocycles. The lowest BCUT2D eigenvalue weighted by Gasteiger charge is -2.04. The van der Waals surface area contributed by atoms with Gasteiger partial charge in [-0.15, -0.1) is 0 Å². The average molecular weight is 311 g/mol. The first kappa shape index (κ1) is 14.6. The Labute approximate surface area is 115 Å². The minimum absolute atomic E-state index is 0.0748. The number of esters is 1. The third-order valence-electron chi connectivity index (χ3n) is 2.22. The molecule has 0 aromatic heterocycles. The van der Waals surface area contributed by atoms with Crippen molar-refractivity contribution in [2.45, 2.75) is 20.3 Å². The van der Waals surface area contributed by atoms with Crippen LogP contribution in [0.15, 0.2) is 34.3 Å². The number of benzene rings is 1. The number of hydrogen-bond donors (Lipinski definition) is 0. The van der Waals surface area contributed by atoms with Crippen molar-refractivity contribution in [1.82, 2.24) is 0 Å². The van der Waals surface area contributed by atoms with Gasteiger partial charge in [-0.1, -0.05) is 35.0 Å². The summed E-state index contributed by atoms with van der Waals surface area (Å²) in [7, 11) is 0. The molecule has 0 aliphatic rings. The van der Waals surface area contributed by atoms with Crippen LogP contribution in [-0.2, 0) is 14.3 Å². The fourth-order valence-corrected chi connectivity index (χ4v) is 1.57. The van der Waals surface area contributed by atoms with Crippen LogP contribution >= 0.6 is 15.9 Å². The van der Waals surface area contributed by atoms with Crippen molar-refractivity contribution in [2.24, 2.45) is 0 Å². The Balaban J connectivity index is 2.94. The van der Waals surface area contributed by atoms with E-state index in [-0.39, 0.29) is 11.4 Å². The summed E-state index contributed by atoms with van der Waals surface area (Å²) in [4.78, 5) is 23.1. The van der Waals surface area contributed by atoms with Crippen molar-refractivity contribution < 1.29 is 14.3 Å². The monoisotopic (exact) mass is 310 g/mol. The van der Waals surface area contributed by atoms with Crippen LogP contribution in [0.3, 0.4) is 0 Å². The highest BCUT2D eigenvalue weighted by molar-refractivity contribution is 9.10. The molecule has 18 heavy (non-hydrogen) atoms. The smallest absolute Gasteiger partial charge is 0.341 e. The van der Waals surface area contributed by atoms with Crippen molar-refractivity contribution in [3.63, 3.8) is 0 Å². The maximum atomic E-state index is 11.7. The van der Waals surface area contributed by atoms with Gasteiger partial charge in [0.15, 0.2) is 5.78 Å². The normalized spacial score (nSPS) is 11.2. The van der Waals surface area contributed by atoms with Gasteiger partial charge in [-0.05, 0) is 37.1 Å². The second-order valence-corrected chi connectivity index (χ2v) is 4.72. The molecular weight excluding hydrogens is 296 g/mol. The Morgan fingerprint density at radius 3 is 2.39 bits per heavy atom. The number of carbonyl (C=O) groups excluding carboxylic acids is 2. The molecular formula is C14H15BrO3. The van der Waals surface area contributed by atoms with Crippen LogP contribution in [0.25, 0.3) is 6.08 Å². The zero-order valence-corrected chi connectivity index (χ0v) is 12.0. The lowest BCUT2D eigenvalue weighted by molar-refractivity contribution is -0.140. The Morgan fingerprint density at radius 1 is 1.28 bits per heavy atom. The molecule has 0 radical (unpaired) electrons.